The second-order valence-corrected chi connectivity index (χ2v) is 5.18. The minimum atomic E-state index is -1.10. The van der Waals surface area contributed by atoms with Crippen molar-refractivity contribution >= 4 is 17.6 Å². The van der Waals surface area contributed by atoms with Gasteiger partial charge >= 0.3 is 5.97 Å². The minimum absolute atomic E-state index is 0.0297. The Morgan fingerprint density at radius 3 is 2.43 bits per heavy atom. The van der Waals surface area contributed by atoms with Gasteiger partial charge in [-0.1, -0.05) is 6.92 Å². The van der Waals surface area contributed by atoms with E-state index in [4.69, 9.17) is 14.6 Å². The first-order chi connectivity index (χ1) is 9.97. The van der Waals surface area contributed by atoms with Crippen LogP contribution in [0.15, 0.2) is 12.1 Å². The molecule has 6 nitrogen and oxygen atoms in total. The lowest BCUT2D eigenvalue weighted by atomic mass is 10.1. The van der Waals surface area contributed by atoms with Crippen LogP contribution in [0.2, 0.25) is 0 Å². The summed E-state index contributed by atoms with van der Waals surface area (Å²) in [4.78, 5) is 23.3. The lowest BCUT2D eigenvalue weighted by Gasteiger charge is -2.16. The summed E-state index contributed by atoms with van der Waals surface area (Å²) in [5.74, 6) is -0.331. The van der Waals surface area contributed by atoms with Gasteiger partial charge in [-0.3, -0.25) is 4.79 Å². The first-order valence-electron chi connectivity index (χ1n) is 6.78. The van der Waals surface area contributed by atoms with Crippen LogP contribution < -0.4 is 14.8 Å². The first-order valence-corrected chi connectivity index (χ1v) is 6.78. The fourth-order valence-electron chi connectivity index (χ4n) is 2.24. The molecule has 1 aliphatic rings. The Morgan fingerprint density at radius 1 is 1.29 bits per heavy atom. The predicted molar refractivity (Wildman–Crippen MR) is 77.0 cm³/mol. The molecule has 2 rings (SSSR count). The van der Waals surface area contributed by atoms with Crippen molar-refractivity contribution in [2.45, 2.75) is 19.8 Å². The predicted octanol–water partition coefficient (Wildman–Crippen LogP) is 2.39. The maximum Gasteiger partial charge on any atom is 0.335 e. The molecule has 1 aromatic rings. The summed E-state index contributed by atoms with van der Waals surface area (Å²) in [5, 5.41) is 11.9. The highest BCUT2D eigenvalue weighted by Gasteiger charge is 2.33. The van der Waals surface area contributed by atoms with Crippen LogP contribution in [0.1, 0.15) is 30.1 Å². The molecule has 0 aliphatic heterocycles. The number of carbonyl (C=O) groups excluding carboxylic acids is 1. The Morgan fingerprint density at radius 2 is 1.95 bits per heavy atom. The maximum atomic E-state index is 12.2. The largest absolute Gasteiger partial charge is 0.493 e. The fourth-order valence-corrected chi connectivity index (χ4v) is 2.24. The number of ether oxygens (including phenoxy) is 2. The van der Waals surface area contributed by atoms with Crippen molar-refractivity contribution in [1.29, 1.82) is 0 Å². The molecule has 1 atom stereocenters. The minimum Gasteiger partial charge on any atom is -0.493 e. The fraction of sp³-hybridized carbons (Fsp3) is 0.467. The van der Waals surface area contributed by atoms with E-state index in [1.165, 1.54) is 26.4 Å². The molecule has 0 aromatic heterocycles. The quantitative estimate of drug-likeness (QED) is 0.841. The van der Waals surface area contributed by atoms with Crippen molar-refractivity contribution in [3.63, 3.8) is 0 Å². The molecule has 0 saturated heterocycles. The van der Waals surface area contributed by atoms with Gasteiger partial charge in [0.15, 0.2) is 11.5 Å². The number of carboxylic acid groups (broad SMARTS) is 1. The van der Waals surface area contributed by atoms with Crippen LogP contribution >= 0.6 is 0 Å². The SMILES string of the molecule is COc1cc(C(=O)O)cc(NC(=O)C(C)C2CC2)c1OC. The second-order valence-electron chi connectivity index (χ2n) is 5.18. The standard InChI is InChI=1S/C15H19NO5/c1-8(9-4-5-9)14(17)16-11-6-10(15(18)19)7-12(20-2)13(11)21-3/h6-9H,4-5H2,1-3H3,(H,16,17)(H,18,19). The Balaban J connectivity index is 2.32. The third-order valence-corrected chi connectivity index (χ3v) is 3.73. The van der Waals surface area contributed by atoms with E-state index in [2.05, 4.69) is 5.32 Å². The van der Waals surface area contributed by atoms with Crippen LogP contribution in [0.25, 0.3) is 0 Å². The van der Waals surface area contributed by atoms with Crippen molar-refractivity contribution in [2.75, 3.05) is 19.5 Å². The van der Waals surface area contributed by atoms with Gasteiger partial charge in [-0.15, -0.1) is 0 Å². The van der Waals surface area contributed by atoms with E-state index in [-0.39, 0.29) is 23.1 Å². The van der Waals surface area contributed by atoms with Crippen LogP contribution in [0.5, 0.6) is 11.5 Å². The smallest absolute Gasteiger partial charge is 0.335 e. The molecule has 114 valence electrons. The molecule has 0 bridgehead atoms. The normalized spacial score (nSPS) is 15.2. The average molecular weight is 293 g/mol. The molecule has 2 N–H and O–H groups in total. The van der Waals surface area contributed by atoms with Gasteiger partial charge in [-0.25, -0.2) is 4.79 Å². The van der Waals surface area contributed by atoms with Crippen LogP contribution in [0, 0.1) is 11.8 Å². The second kappa shape index (κ2) is 6.03. The maximum absolute atomic E-state index is 12.2. The van der Waals surface area contributed by atoms with E-state index in [9.17, 15) is 9.59 Å². The highest BCUT2D eigenvalue weighted by Crippen LogP contribution is 2.39. The number of rotatable bonds is 6. The molecule has 1 amide bonds. The van der Waals surface area contributed by atoms with Gasteiger partial charge in [0.1, 0.15) is 0 Å². The highest BCUT2D eigenvalue weighted by atomic mass is 16.5. The Kier molecular flexibility index (Phi) is 4.35. The van der Waals surface area contributed by atoms with Gasteiger partial charge in [0.25, 0.3) is 0 Å². The van der Waals surface area contributed by atoms with Crippen LogP contribution in [-0.2, 0) is 4.79 Å². The number of hydrogen-bond acceptors (Lipinski definition) is 4. The topological polar surface area (TPSA) is 84.9 Å². The molecule has 0 radical (unpaired) electrons. The summed E-state index contributed by atoms with van der Waals surface area (Å²) in [5.41, 5.74) is 0.341. The summed E-state index contributed by atoms with van der Waals surface area (Å²) >= 11 is 0. The van der Waals surface area contributed by atoms with E-state index in [0.29, 0.717) is 17.4 Å². The van der Waals surface area contributed by atoms with Gasteiger partial charge in [0.2, 0.25) is 5.91 Å². The number of amides is 1. The monoisotopic (exact) mass is 293 g/mol. The van der Waals surface area contributed by atoms with Crippen LogP contribution in [-0.4, -0.2) is 31.2 Å². The van der Waals surface area contributed by atoms with Gasteiger partial charge < -0.3 is 19.9 Å². The Labute approximate surface area is 123 Å². The number of hydrogen-bond donors (Lipinski definition) is 2. The highest BCUT2D eigenvalue weighted by molar-refractivity contribution is 5.97. The number of carbonyl (C=O) groups is 2. The molecule has 1 saturated carbocycles. The zero-order chi connectivity index (χ0) is 15.6. The number of benzene rings is 1. The van der Waals surface area contributed by atoms with E-state index < -0.39 is 5.97 Å². The zero-order valence-corrected chi connectivity index (χ0v) is 12.3. The summed E-state index contributed by atoms with van der Waals surface area (Å²) in [7, 11) is 2.86. The summed E-state index contributed by atoms with van der Waals surface area (Å²) < 4.78 is 10.4. The lowest BCUT2D eigenvalue weighted by molar-refractivity contribution is -0.119. The number of anilines is 1. The molecule has 1 unspecified atom stereocenters. The summed E-state index contributed by atoms with van der Waals surface area (Å²) in [6.45, 7) is 1.87. The van der Waals surface area contributed by atoms with E-state index in [0.717, 1.165) is 12.8 Å². The molecule has 0 spiro atoms. The Bertz CT molecular complexity index is 565. The van der Waals surface area contributed by atoms with Gasteiger partial charge in [0.05, 0.1) is 25.5 Å². The van der Waals surface area contributed by atoms with Crippen molar-refractivity contribution in [1.82, 2.24) is 0 Å². The van der Waals surface area contributed by atoms with Crippen LogP contribution in [0.4, 0.5) is 5.69 Å². The molecule has 0 heterocycles. The number of carboxylic acids is 1. The van der Waals surface area contributed by atoms with E-state index in [1.807, 2.05) is 6.92 Å². The zero-order valence-electron chi connectivity index (χ0n) is 12.3. The van der Waals surface area contributed by atoms with Gasteiger partial charge in [-0.05, 0) is 30.9 Å². The van der Waals surface area contributed by atoms with Crippen LogP contribution in [0.3, 0.4) is 0 Å². The molecular formula is C15H19NO5. The molecule has 6 heteroatoms. The molecule has 1 fully saturated rings. The summed E-state index contributed by atoms with van der Waals surface area (Å²) in [6.07, 6.45) is 2.12. The van der Waals surface area contributed by atoms with Gasteiger partial charge in [0, 0.05) is 5.92 Å². The van der Waals surface area contributed by atoms with Gasteiger partial charge in [-0.2, -0.15) is 0 Å². The van der Waals surface area contributed by atoms with Crippen molar-refractivity contribution in [3.05, 3.63) is 17.7 Å². The third-order valence-electron chi connectivity index (χ3n) is 3.73. The number of aromatic carboxylic acids is 1. The molecule has 21 heavy (non-hydrogen) atoms. The average Bonchev–Trinajstić information content (AvgIpc) is 3.29. The third kappa shape index (κ3) is 3.26. The van der Waals surface area contributed by atoms with Crippen molar-refractivity contribution in [3.8, 4) is 11.5 Å². The first kappa shape index (κ1) is 15.2. The van der Waals surface area contributed by atoms with Crippen molar-refractivity contribution < 1.29 is 24.2 Å². The summed E-state index contributed by atoms with van der Waals surface area (Å²) in [6, 6.07) is 2.74. The Hall–Kier alpha value is -2.24. The molecule has 1 aliphatic carbocycles. The molecular weight excluding hydrogens is 274 g/mol. The van der Waals surface area contributed by atoms with E-state index in [1.54, 1.807) is 0 Å². The number of methoxy groups -OCH3 is 2. The van der Waals surface area contributed by atoms with Crippen molar-refractivity contribution in [2.24, 2.45) is 11.8 Å². The van der Waals surface area contributed by atoms with E-state index >= 15 is 0 Å². The molecule has 1 aromatic carbocycles. The number of nitrogens with one attached hydrogen (secondary N) is 1. The lowest BCUT2D eigenvalue weighted by Crippen LogP contribution is -2.22.